The molecule has 1 amide bonds. The molecular weight excluding hydrogens is 324 g/mol. The number of piperidine rings is 1. The SMILES string of the molecule is Cc1cc(N2CCC(N(C)C(=O)c3ccc4c(c3)CCC4)CC2)ncn1. The molecule has 0 bridgehead atoms. The Labute approximate surface area is 155 Å². The quantitative estimate of drug-likeness (QED) is 0.854. The molecule has 5 nitrogen and oxygen atoms in total. The Hall–Kier alpha value is -2.43. The van der Waals surface area contributed by atoms with Crippen LogP contribution in [0.3, 0.4) is 0 Å². The second-order valence-corrected chi connectivity index (χ2v) is 7.49. The highest BCUT2D eigenvalue weighted by Gasteiger charge is 2.27. The molecule has 0 N–H and O–H groups in total. The van der Waals surface area contributed by atoms with Crippen LogP contribution in [0.2, 0.25) is 0 Å². The van der Waals surface area contributed by atoms with Gasteiger partial charge in [-0.25, -0.2) is 9.97 Å². The molecule has 0 radical (unpaired) electrons. The summed E-state index contributed by atoms with van der Waals surface area (Å²) in [5.41, 5.74) is 4.60. The van der Waals surface area contributed by atoms with Gasteiger partial charge in [-0.15, -0.1) is 0 Å². The zero-order valence-electron chi connectivity index (χ0n) is 15.6. The molecule has 2 heterocycles. The fourth-order valence-electron chi connectivity index (χ4n) is 4.17. The van der Waals surface area contributed by atoms with Crippen LogP contribution in [0.5, 0.6) is 0 Å². The summed E-state index contributed by atoms with van der Waals surface area (Å²) in [7, 11) is 1.95. The molecule has 1 aliphatic carbocycles. The summed E-state index contributed by atoms with van der Waals surface area (Å²) >= 11 is 0. The first-order valence-electron chi connectivity index (χ1n) is 9.54. The average Bonchev–Trinajstić information content (AvgIpc) is 3.15. The minimum atomic E-state index is 0.149. The van der Waals surface area contributed by atoms with Crippen LogP contribution in [-0.4, -0.2) is 47.0 Å². The minimum Gasteiger partial charge on any atom is -0.356 e. The normalized spacial score (nSPS) is 17.2. The van der Waals surface area contributed by atoms with Crippen molar-refractivity contribution in [1.29, 1.82) is 0 Å². The van der Waals surface area contributed by atoms with E-state index in [0.717, 1.165) is 55.8 Å². The molecule has 1 fully saturated rings. The van der Waals surface area contributed by atoms with Gasteiger partial charge >= 0.3 is 0 Å². The molecule has 4 rings (SSSR count). The summed E-state index contributed by atoms with van der Waals surface area (Å²) in [5, 5.41) is 0. The molecule has 1 saturated heterocycles. The Morgan fingerprint density at radius 1 is 1.12 bits per heavy atom. The van der Waals surface area contributed by atoms with Crippen molar-refractivity contribution < 1.29 is 4.79 Å². The first-order chi connectivity index (χ1) is 12.6. The fraction of sp³-hybridized carbons (Fsp3) is 0.476. The molecule has 0 spiro atoms. The van der Waals surface area contributed by atoms with E-state index in [1.54, 1.807) is 6.33 Å². The van der Waals surface area contributed by atoms with Crippen molar-refractivity contribution in [3.05, 3.63) is 53.0 Å². The number of nitrogens with zero attached hydrogens (tertiary/aromatic N) is 4. The summed E-state index contributed by atoms with van der Waals surface area (Å²) in [6.07, 6.45) is 7.04. The van der Waals surface area contributed by atoms with Gasteiger partial charge in [-0.3, -0.25) is 4.79 Å². The third-order valence-corrected chi connectivity index (χ3v) is 5.79. The van der Waals surface area contributed by atoms with Crippen LogP contribution in [-0.2, 0) is 12.8 Å². The van der Waals surface area contributed by atoms with E-state index < -0.39 is 0 Å². The zero-order valence-corrected chi connectivity index (χ0v) is 15.6. The molecule has 1 aromatic heterocycles. The molecule has 1 aromatic carbocycles. The first kappa shape index (κ1) is 17.0. The van der Waals surface area contributed by atoms with Crippen LogP contribution >= 0.6 is 0 Å². The van der Waals surface area contributed by atoms with Gasteiger partial charge in [-0.05, 0) is 62.3 Å². The highest BCUT2D eigenvalue weighted by molar-refractivity contribution is 5.94. The first-order valence-corrected chi connectivity index (χ1v) is 9.54. The third kappa shape index (κ3) is 3.30. The van der Waals surface area contributed by atoms with Crippen molar-refractivity contribution in [1.82, 2.24) is 14.9 Å². The second-order valence-electron chi connectivity index (χ2n) is 7.49. The van der Waals surface area contributed by atoms with Gasteiger partial charge in [0.2, 0.25) is 0 Å². The molecule has 2 aliphatic rings. The molecule has 2 aromatic rings. The van der Waals surface area contributed by atoms with Gasteiger partial charge in [-0.2, -0.15) is 0 Å². The van der Waals surface area contributed by atoms with Crippen molar-refractivity contribution in [2.45, 2.75) is 45.1 Å². The molecule has 0 saturated carbocycles. The Kier molecular flexibility index (Phi) is 4.62. The van der Waals surface area contributed by atoms with Gasteiger partial charge in [0.25, 0.3) is 5.91 Å². The number of aryl methyl sites for hydroxylation is 3. The lowest BCUT2D eigenvalue weighted by Gasteiger charge is -2.37. The van der Waals surface area contributed by atoms with Crippen molar-refractivity contribution in [3.8, 4) is 0 Å². The summed E-state index contributed by atoms with van der Waals surface area (Å²) in [5.74, 6) is 1.14. The molecular formula is C21H26N4O. The highest BCUT2D eigenvalue weighted by Crippen LogP contribution is 2.25. The largest absolute Gasteiger partial charge is 0.356 e. The van der Waals surface area contributed by atoms with Crippen LogP contribution < -0.4 is 4.90 Å². The number of aromatic nitrogens is 2. The van der Waals surface area contributed by atoms with E-state index in [-0.39, 0.29) is 11.9 Å². The van der Waals surface area contributed by atoms with E-state index in [0.29, 0.717) is 0 Å². The molecule has 0 atom stereocenters. The number of carbonyl (C=O) groups is 1. The summed E-state index contributed by atoms with van der Waals surface area (Å²) < 4.78 is 0. The van der Waals surface area contributed by atoms with Crippen LogP contribution in [0.1, 0.15) is 46.4 Å². The van der Waals surface area contributed by atoms with Gasteiger partial charge in [0.05, 0.1) is 0 Å². The maximum Gasteiger partial charge on any atom is 0.253 e. The van der Waals surface area contributed by atoms with Gasteiger partial charge in [0.1, 0.15) is 12.1 Å². The Morgan fingerprint density at radius 3 is 2.65 bits per heavy atom. The summed E-state index contributed by atoms with van der Waals surface area (Å²) in [6.45, 7) is 3.83. The monoisotopic (exact) mass is 350 g/mol. The van der Waals surface area contributed by atoms with Gasteiger partial charge < -0.3 is 9.80 Å². The van der Waals surface area contributed by atoms with E-state index >= 15 is 0 Å². The Bertz CT molecular complexity index is 811. The van der Waals surface area contributed by atoms with E-state index in [4.69, 9.17) is 0 Å². The number of hydrogen-bond donors (Lipinski definition) is 0. The van der Waals surface area contributed by atoms with Gasteiger partial charge in [0, 0.05) is 43.5 Å². The minimum absolute atomic E-state index is 0.149. The van der Waals surface area contributed by atoms with E-state index in [1.807, 2.05) is 31.0 Å². The van der Waals surface area contributed by atoms with Crippen LogP contribution in [0.25, 0.3) is 0 Å². The molecule has 5 heteroatoms. The number of fused-ring (bicyclic) bond motifs is 1. The Morgan fingerprint density at radius 2 is 1.88 bits per heavy atom. The lowest BCUT2D eigenvalue weighted by Crippen LogP contribution is -2.46. The average molecular weight is 350 g/mol. The predicted molar refractivity (Wildman–Crippen MR) is 103 cm³/mol. The number of anilines is 1. The number of amides is 1. The fourth-order valence-corrected chi connectivity index (χ4v) is 4.17. The van der Waals surface area contributed by atoms with Crippen molar-refractivity contribution in [2.75, 3.05) is 25.0 Å². The standard InChI is InChI=1S/C21H26N4O/c1-15-12-20(23-14-22-15)25-10-8-19(9-11-25)24(2)21(26)18-7-6-16-4-3-5-17(16)13-18/h6-7,12-14,19H,3-5,8-11H2,1-2H3. The maximum atomic E-state index is 12.9. The zero-order chi connectivity index (χ0) is 18.1. The van der Waals surface area contributed by atoms with Crippen molar-refractivity contribution in [3.63, 3.8) is 0 Å². The molecule has 136 valence electrons. The molecule has 0 unspecified atom stereocenters. The lowest BCUT2D eigenvalue weighted by molar-refractivity contribution is 0.0709. The van der Waals surface area contributed by atoms with E-state index in [2.05, 4.69) is 27.0 Å². The van der Waals surface area contributed by atoms with Crippen molar-refractivity contribution >= 4 is 11.7 Å². The van der Waals surface area contributed by atoms with Crippen molar-refractivity contribution in [2.24, 2.45) is 0 Å². The second kappa shape index (κ2) is 7.06. The number of hydrogen-bond acceptors (Lipinski definition) is 4. The Balaban J connectivity index is 1.40. The molecule has 26 heavy (non-hydrogen) atoms. The van der Waals surface area contributed by atoms with Crippen LogP contribution in [0.15, 0.2) is 30.6 Å². The van der Waals surface area contributed by atoms with E-state index in [1.165, 1.54) is 17.5 Å². The highest BCUT2D eigenvalue weighted by atomic mass is 16.2. The topological polar surface area (TPSA) is 49.3 Å². The van der Waals surface area contributed by atoms with Gasteiger partial charge in [0.15, 0.2) is 0 Å². The van der Waals surface area contributed by atoms with E-state index in [9.17, 15) is 4.79 Å². The molecule has 1 aliphatic heterocycles. The van der Waals surface area contributed by atoms with Crippen LogP contribution in [0.4, 0.5) is 5.82 Å². The summed E-state index contributed by atoms with van der Waals surface area (Å²) in [4.78, 5) is 25.7. The summed E-state index contributed by atoms with van der Waals surface area (Å²) in [6, 6.07) is 8.57. The maximum absolute atomic E-state index is 12.9. The number of benzene rings is 1. The number of carbonyl (C=O) groups excluding carboxylic acids is 1. The van der Waals surface area contributed by atoms with Gasteiger partial charge in [-0.1, -0.05) is 6.07 Å². The number of rotatable bonds is 3. The third-order valence-electron chi connectivity index (χ3n) is 5.79. The smallest absolute Gasteiger partial charge is 0.253 e. The lowest BCUT2D eigenvalue weighted by atomic mass is 10.0. The van der Waals surface area contributed by atoms with Crippen LogP contribution in [0, 0.1) is 6.92 Å². The predicted octanol–water partition coefficient (Wildman–Crippen LogP) is 3.01.